The van der Waals surface area contributed by atoms with Gasteiger partial charge in [-0.25, -0.2) is 0 Å². The Balaban J connectivity index is 1.07. The molecule has 0 N–H and O–H groups in total. The van der Waals surface area contributed by atoms with Crippen LogP contribution in [0.2, 0.25) is 0 Å². The quantitative estimate of drug-likeness (QED) is 0.163. The Morgan fingerprint density at radius 2 is 0.678 bits per heavy atom. The molecule has 1 heteroatoms. The summed E-state index contributed by atoms with van der Waals surface area (Å²) in [5.41, 5.74) is 19.6. The highest BCUT2D eigenvalue weighted by Gasteiger charge is 2.54. The van der Waals surface area contributed by atoms with Gasteiger partial charge < -0.3 is 4.74 Å². The van der Waals surface area contributed by atoms with Crippen molar-refractivity contribution in [1.29, 1.82) is 0 Å². The van der Waals surface area contributed by atoms with Gasteiger partial charge in [0.15, 0.2) is 0 Å². The number of rotatable bonds is 1. The number of hydrogen-bond donors (Lipinski definition) is 0. The number of benzene rings is 10. The van der Waals surface area contributed by atoms with E-state index in [0.717, 1.165) is 11.5 Å². The van der Waals surface area contributed by atoms with Gasteiger partial charge in [-0.3, -0.25) is 0 Å². The summed E-state index contributed by atoms with van der Waals surface area (Å²) in [5, 5.41) is 5.01. The van der Waals surface area contributed by atoms with Crippen molar-refractivity contribution in [1.82, 2.24) is 0 Å². The van der Waals surface area contributed by atoms with Gasteiger partial charge in [-0.15, -0.1) is 0 Å². The Bertz CT molecular complexity index is 3400. The van der Waals surface area contributed by atoms with E-state index >= 15 is 0 Å². The second-order valence-corrected chi connectivity index (χ2v) is 16.6. The maximum Gasteiger partial charge on any atom is 0.132 e. The van der Waals surface area contributed by atoms with Crippen LogP contribution in [-0.4, -0.2) is 0 Å². The lowest BCUT2D eigenvalue weighted by Gasteiger charge is -2.40. The van der Waals surface area contributed by atoms with Crippen LogP contribution < -0.4 is 4.74 Å². The summed E-state index contributed by atoms with van der Waals surface area (Å²) >= 11 is 0. The molecule has 1 nitrogen and oxygen atoms in total. The molecule has 0 amide bonds. The van der Waals surface area contributed by atoms with Crippen LogP contribution in [0, 0.1) is 0 Å². The van der Waals surface area contributed by atoms with E-state index in [4.69, 9.17) is 4.74 Å². The molecule has 272 valence electrons. The van der Waals surface area contributed by atoms with Crippen LogP contribution in [0.25, 0.3) is 66.1 Å². The van der Waals surface area contributed by atoms with E-state index in [0.29, 0.717) is 0 Å². The predicted molar refractivity (Wildman–Crippen MR) is 241 cm³/mol. The van der Waals surface area contributed by atoms with Gasteiger partial charge >= 0.3 is 0 Å². The van der Waals surface area contributed by atoms with Crippen LogP contribution in [0.15, 0.2) is 206 Å². The minimum absolute atomic E-state index is 0.464. The molecule has 2 spiro atoms. The third-order valence-corrected chi connectivity index (χ3v) is 14.1. The molecule has 10 aromatic carbocycles. The first kappa shape index (κ1) is 31.6. The van der Waals surface area contributed by atoms with Crippen molar-refractivity contribution in [2.24, 2.45) is 0 Å². The fourth-order valence-corrected chi connectivity index (χ4v) is 12.0. The van der Waals surface area contributed by atoms with Crippen molar-refractivity contribution in [3.8, 4) is 56.0 Å². The zero-order valence-corrected chi connectivity index (χ0v) is 32.0. The Labute approximate surface area is 342 Å². The molecule has 0 aromatic heterocycles. The van der Waals surface area contributed by atoms with E-state index in [9.17, 15) is 0 Å². The topological polar surface area (TPSA) is 9.23 Å². The lowest BCUT2D eigenvalue weighted by molar-refractivity contribution is 0.438. The molecule has 4 aliphatic rings. The minimum Gasteiger partial charge on any atom is -0.457 e. The minimum atomic E-state index is -0.580. The maximum absolute atomic E-state index is 7.00. The monoisotopic (exact) mass is 746 g/mol. The molecule has 0 radical (unpaired) electrons. The van der Waals surface area contributed by atoms with Crippen LogP contribution >= 0.6 is 0 Å². The van der Waals surface area contributed by atoms with E-state index in [1.807, 2.05) is 0 Å². The second kappa shape index (κ2) is 11.1. The van der Waals surface area contributed by atoms with Crippen LogP contribution in [0.3, 0.4) is 0 Å². The van der Waals surface area contributed by atoms with Gasteiger partial charge in [-0.1, -0.05) is 182 Å². The van der Waals surface area contributed by atoms with E-state index in [1.54, 1.807) is 0 Å². The predicted octanol–water partition coefficient (Wildman–Crippen LogP) is 14.5. The number of hydrogen-bond acceptors (Lipinski definition) is 1. The molecule has 0 bridgehead atoms. The fourth-order valence-electron chi connectivity index (χ4n) is 12.0. The van der Waals surface area contributed by atoms with Crippen molar-refractivity contribution in [2.45, 2.75) is 10.8 Å². The smallest absolute Gasteiger partial charge is 0.132 e. The summed E-state index contributed by atoms with van der Waals surface area (Å²) in [6.45, 7) is 0. The normalized spacial score (nSPS) is 14.8. The number of ether oxygens (including phenoxy) is 1. The Kier molecular flexibility index (Phi) is 5.96. The molecule has 59 heavy (non-hydrogen) atoms. The maximum atomic E-state index is 7.00. The second-order valence-electron chi connectivity index (χ2n) is 16.6. The van der Waals surface area contributed by atoms with Crippen LogP contribution in [0.1, 0.15) is 44.5 Å². The zero-order chi connectivity index (χ0) is 38.5. The van der Waals surface area contributed by atoms with Gasteiger partial charge in [-0.05, 0) is 124 Å². The molecule has 10 aromatic rings. The average Bonchev–Trinajstić information content (AvgIpc) is 3.89. The van der Waals surface area contributed by atoms with E-state index in [1.165, 1.54) is 111 Å². The molecule has 0 saturated heterocycles. The van der Waals surface area contributed by atoms with Gasteiger partial charge in [0.2, 0.25) is 0 Å². The summed E-state index contributed by atoms with van der Waals surface area (Å²) in [6.07, 6.45) is 0. The lowest BCUT2D eigenvalue weighted by Crippen LogP contribution is -2.32. The third kappa shape index (κ3) is 3.73. The van der Waals surface area contributed by atoms with Crippen LogP contribution in [0.5, 0.6) is 11.5 Å². The van der Waals surface area contributed by atoms with Gasteiger partial charge in [0.05, 0.1) is 10.8 Å². The molecular formula is C58H34O. The van der Waals surface area contributed by atoms with Crippen molar-refractivity contribution in [3.05, 3.63) is 251 Å². The summed E-state index contributed by atoms with van der Waals surface area (Å²) < 4.78 is 7.00. The summed E-state index contributed by atoms with van der Waals surface area (Å²) in [6, 6.07) is 77.2. The summed E-state index contributed by atoms with van der Waals surface area (Å²) in [4.78, 5) is 0. The van der Waals surface area contributed by atoms with E-state index < -0.39 is 10.8 Å². The number of fused-ring (bicyclic) bond motifs is 23. The van der Waals surface area contributed by atoms with Gasteiger partial charge in [-0.2, -0.15) is 0 Å². The van der Waals surface area contributed by atoms with E-state index in [-0.39, 0.29) is 0 Å². The van der Waals surface area contributed by atoms with Crippen LogP contribution in [0.4, 0.5) is 0 Å². The molecule has 0 fully saturated rings. The molecule has 3 aliphatic carbocycles. The van der Waals surface area contributed by atoms with Crippen molar-refractivity contribution < 1.29 is 4.74 Å². The average molecular weight is 747 g/mol. The third-order valence-electron chi connectivity index (χ3n) is 14.1. The lowest BCUT2D eigenvalue weighted by atomic mass is 9.64. The van der Waals surface area contributed by atoms with Gasteiger partial charge in [0, 0.05) is 11.1 Å². The fraction of sp³-hybridized carbons (Fsp3) is 0.0345. The molecule has 1 heterocycles. The summed E-state index contributed by atoms with van der Waals surface area (Å²) in [5.74, 6) is 1.82. The van der Waals surface area contributed by atoms with Crippen molar-refractivity contribution >= 4 is 21.5 Å². The first-order chi connectivity index (χ1) is 29.3. The van der Waals surface area contributed by atoms with Crippen LogP contribution in [-0.2, 0) is 10.8 Å². The van der Waals surface area contributed by atoms with Gasteiger partial charge in [0.25, 0.3) is 0 Å². The highest BCUT2D eigenvalue weighted by atomic mass is 16.5. The largest absolute Gasteiger partial charge is 0.457 e. The highest BCUT2D eigenvalue weighted by Crippen LogP contribution is 2.66. The molecule has 1 aliphatic heterocycles. The van der Waals surface area contributed by atoms with Crippen molar-refractivity contribution in [3.63, 3.8) is 0 Å². The standard InChI is InChI=1S/C58H34O/c1-3-15-39-35(13-1)25-30-46-45-29-26-37(33-51(45)57(55(39)46)47-21-9-5-17-41(47)42-18-6-10-22-48(42)57)38-28-31-53-52(34-38)58(56-40-16-4-2-14-36(40)27-32-54(56)59-53)49-23-11-7-19-43(49)44-20-8-12-24-50(44)58/h1-34H. The first-order valence-electron chi connectivity index (χ1n) is 20.7. The molecule has 0 unspecified atom stereocenters. The Morgan fingerprint density at radius 1 is 0.271 bits per heavy atom. The SMILES string of the molecule is c1ccc2c(c1)-c1ccccc1C21c2cc(-c3ccc4c(c3)C3(c5ccccc5-c5ccccc53)c3c-4ccc4ccccc34)ccc2Oc2ccc3ccccc3c21. The van der Waals surface area contributed by atoms with Gasteiger partial charge in [0.1, 0.15) is 11.5 Å². The molecule has 14 rings (SSSR count). The molecule has 0 atom stereocenters. The first-order valence-corrected chi connectivity index (χ1v) is 20.7. The highest BCUT2D eigenvalue weighted by molar-refractivity contribution is 6.04. The Morgan fingerprint density at radius 3 is 1.27 bits per heavy atom. The molecular weight excluding hydrogens is 713 g/mol. The van der Waals surface area contributed by atoms with Crippen molar-refractivity contribution in [2.75, 3.05) is 0 Å². The molecule has 0 saturated carbocycles. The van der Waals surface area contributed by atoms with E-state index in [2.05, 4.69) is 206 Å². The summed E-state index contributed by atoms with van der Waals surface area (Å²) in [7, 11) is 0. The zero-order valence-electron chi connectivity index (χ0n) is 32.0. The Hall–Kier alpha value is -7.48.